The highest BCUT2D eigenvalue weighted by atomic mass is 35.5. The number of amides is 1. The number of esters is 1. The minimum absolute atomic E-state index is 0.166. The van der Waals surface area contributed by atoms with Crippen LogP contribution >= 0.6 is 11.6 Å². The third kappa shape index (κ3) is 3.37. The quantitative estimate of drug-likeness (QED) is 0.455. The topological polar surface area (TPSA) is 68.3 Å². The van der Waals surface area contributed by atoms with Crippen molar-refractivity contribution in [1.82, 2.24) is 10.3 Å². The van der Waals surface area contributed by atoms with E-state index in [0.29, 0.717) is 16.5 Å². The SMILES string of the molecule is O=C(N[C@H]1CCCC[C@@H]1[C@@]1(c2ccc(Cl)cc2)C(=O)Oc2ccccc21)c1ccccn1. The first-order valence-corrected chi connectivity index (χ1v) is 11.3. The zero-order valence-electron chi connectivity index (χ0n) is 17.5. The first kappa shape index (κ1) is 20.7. The molecule has 0 spiro atoms. The van der Waals surface area contributed by atoms with E-state index in [9.17, 15) is 9.59 Å². The van der Waals surface area contributed by atoms with Crippen LogP contribution in [0.15, 0.2) is 72.9 Å². The molecule has 1 aliphatic heterocycles. The number of para-hydroxylation sites is 1. The van der Waals surface area contributed by atoms with Gasteiger partial charge in [0.05, 0.1) is 0 Å². The number of nitrogens with zero attached hydrogens (tertiary/aromatic N) is 1. The van der Waals surface area contributed by atoms with Gasteiger partial charge in [-0.15, -0.1) is 0 Å². The van der Waals surface area contributed by atoms with Crippen LogP contribution in [0.4, 0.5) is 0 Å². The van der Waals surface area contributed by atoms with E-state index in [1.54, 1.807) is 36.5 Å². The minimum atomic E-state index is -1.01. The number of benzene rings is 2. The monoisotopic (exact) mass is 446 g/mol. The molecule has 1 fully saturated rings. The lowest BCUT2D eigenvalue weighted by atomic mass is 9.60. The van der Waals surface area contributed by atoms with Crippen LogP contribution in [0.3, 0.4) is 0 Å². The Balaban J connectivity index is 1.61. The molecule has 1 saturated carbocycles. The van der Waals surface area contributed by atoms with Crippen LogP contribution in [0.5, 0.6) is 5.75 Å². The molecular formula is C26H23ClN2O3. The van der Waals surface area contributed by atoms with E-state index in [1.165, 1.54) is 0 Å². The molecule has 32 heavy (non-hydrogen) atoms. The number of nitrogens with one attached hydrogen (secondary N) is 1. The Hall–Kier alpha value is -3.18. The van der Waals surface area contributed by atoms with Crippen molar-refractivity contribution in [1.29, 1.82) is 0 Å². The normalized spacial score (nSPS) is 24.5. The van der Waals surface area contributed by atoms with Crippen molar-refractivity contribution in [2.24, 2.45) is 5.92 Å². The predicted octanol–water partition coefficient (Wildman–Crippen LogP) is 4.93. The van der Waals surface area contributed by atoms with Crippen molar-refractivity contribution in [2.75, 3.05) is 0 Å². The molecule has 1 N–H and O–H groups in total. The van der Waals surface area contributed by atoms with Crippen molar-refractivity contribution in [3.63, 3.8) is 0 Å². The van der Waals surface area contributed by atoms with Crippen LogP contribution in [-0.4, -0.2) is 22.9 Å². The molecule has 5 nitrogen and oxygen atoms in total. The summed E-state index contributed by atoms with van der Waals surface area (Å²) in [6.07, 6.45) is 5.14. The van der Waals surface area contributed by atoms with Crippen molar-refractivity contribution < 1.29 is 14.3 Å². The minimum Gasteiger partial charge on any atom is -0.425 e. The van der Waals surface area contributed by atoms with Gasteiger partial charge in [-0.25, -0.2) is 0 Å². The van der Waals surface area contributed by atoms with E-state index in [-0.39, 0.29) is 23.8 Å². The predicted molar refractivity (Wildman–Crippen MR) is 122 cm³/mol. The maximum atomic E-state index is 13.7. The molecule has 0 bridgehead atoms. The summed E-state index contributed by atoms with van der Waals surface area (Å²) in [6.45, 7) is 0. The van der Waals surface area contributed by atoms with E-state index in [1.807, 2.05) is 36.4 Å². The zero-order valence-corrected chi connectivity index (χ0v) is 18.2. The van der Waals surface area contributed by atoms with Gasteiger partial charge in [0.1, 0.15) is 16.9 Å². The Labute approximate surface area is 191 Å². The summed E-state index contributed by atoms with van der Waals surface area (Å²) < 4.78 is 5.80. The summed E-state index contributed by atoms with van der Waals surface area (Å²) in [5.74, 6) is -0.118. The number of rotatable bonds is 4. The molecule has 2 heterocycles. The molecule has 162 valence electrons. The summed E-state index contributed by atoms with van der Waals surface area (Å²) >= 11 is 6.17. The highest BCUT2D eigenvalue weighted by Crippen LogP contribution is 2.53. The molecule has 0 unspecified atom stereocenters. The molecular weight excluding hydrogens is 424 g/mol. The molecule has 6 heteroatoms. The largest absolute Gasteiger partial charge is 0.425 e. The summed E-state index contributed by atoms with van der Waals surface area (Å²) in [4.78, 5) is 30.8. The van der Waals surface area contributed by atoms with Gasteiger partial charge in [0, 0.05) is 28.7 Å². The molecule has 3 atom stereocenters. The zero-order chi connectivity index (χ0) is 22.1. The standard InChI is InChI=1S/C26H23ClN2O3/c27-18-14-12-17(13-15-18)26(20-8-2-4-11-23(20)32-25(26)31)19-7-1-3-9-21(19)29-24(30)22-10-5-6-16-28-22/h2,4-6,8,10-16,19,21H,1,3,7,9H2,(H,29,30)/t19-,21-,26+/m0/s1. The Bertz CT molecular complexity index is 1150. The fourth-order valence-corrected chi connectivity index (χ4v) is 5.41. The Morgan fingerprint density at radius 3 is 2.53 bits per heavy atom. The van der Waals surface area contributed by atoms with Gasteiger partial charge in [-0.1, -0.05) is 60.8 Å². The number of ether oxygens (including phenoxy) is 1. The van der Waals surface area contributed by atoms with E-state index in [2.05, 4.69) is 10.3 Å². The van der Waals surface area contributed by atoms with E-state index < -0.39 is 5.41 Å². The summed E-state index contributed by atoms with van der Waals surface area (Å²) in [5.41, 5.74) is 1.04. The van der Waals surface area contributed by atoms with Gasteiger partial charge in [0.2, 0.25) is 0 Å². The third-order valence-corrected chi connectivity index (χ3v) is 6.92. The van der Waals surface area contributed by atoms with Crippen LogP contribution in [0.1, 0.15) is 47.3 Å². The number of fused-ring (bicyclic) bond motifs is 1. The average molecular weight is 447 g/mol. The average Bonchev–Trinajstić information content (AvgIpc) is 3.13. The molecule has 2 aliphatic rings. The number of aromatic nitrogens is 1. The molecule has 1 amide bonds. The molecule has 0 radical (unpaired) electrons. The molecule has 2 aromatic carbocycles. The van der Waals surface area contributed by atoms with Gasteiger partial charge < -0.3 is 10.1 Å². The van der Waals surface area contributed by atoms with Gasteiger partial charge in [0.15, 0.2) is 0 Å². The number of halogens is 1. The highest BCUT2D eigenvalue weighted by Gasteiger charge is 2.58. The fraction of sp³-hybridized carbons (Fsp3) is 0.269. The highest BCUT2D eigenvalue weighted by molar-refractivity contribution is 6.30. The fourth-order valence-electron chi connectivity index (χ4n) is 5.28. The van der Waals surface area contributed by atoms with Crippen LogP contribution in [0.25, 0.3) is 0 Å². The lowest BCUT2D eigenvalue weighted by molar-refractivity contribution is -0.139. The maximum Gasteiger partial charge on any atom is 0.327 e. The van der Waals surface area contributed by atoms with Gasteiger partial charge in [-0.2, -0.15) is 0 Å². The number of carbonyl (C=O) groups excluding carboxylic acids is 2. The second-order valence-electron chi connectivity index (χ2n) is 8.39. The lowest BCUT2D eigenvalue weighted by Gasteiger charge is -2.43. The second-order valence-corrected chi connectivity index (χ2v) is 8.82. The number of pyridine rings is 1. The van der Waals surface area contributed by atoms with E-state index in [4.69, 9.17) is 16.3 Å². The van der Waals surface area contributed by atoms with Crippen LogP contribution < -0.4 is 10.1 Å². The number of carbonyl (C=O) groups is 2. The first-order chi connectivity index (χ1) is 15.6. The number of hydrogen-bond acceptors (Lipinski definition) is 4. The first-order valence-electron chi connectivity index (χ1n) is 10.9. The van der Waals surface area contributed by atoms with Crippen LogP contribution in [0, 0.1) is 5.92 Å². The van der Waals surface area contributed by atoms with Gasteiger partial charge >= 0.3 is 5.97 Å². The van der Waals surface area contributed by atoms with Crippen molar-refractivity contribution in [2.45, 2.75) is 37.1 Å². The van der Waals surface area contributed by atoms with E-state index >= 15 is 0 Å². The van der Waals surface area contributed by atoms with Gasteiger partial charge in [-0.3, -0.25) is 14.6 Å². The van der Waals surface area contributed by atoms with Crippen molar-refractivity contribution >= 4 is 23.5 Å². The van der Waals surface area contributed by atoms with Crippen molar-refractivity contribution in [3.8, 4) is 5.75 Å². The third-order valence-electron chi connectivity index (χ3n) is 6.67. The summed E-state index contributed by atoms with van der Waals surface area (Å²) in [6, 6.07) is 20.1. The van der Waals surface area contributed by atoms with Crippen LogP contribution in [-0.2, 0) is 10.2 Å². The Kier molecular flexibility index (Phi) is 5.43. The Morgan fingerprint density at radius 2 is 1.75 bits per heavy atom. The second kappa shape index (κ2) is 8.40. The van der Waals surface area contributed by atoms with Crippen LogP contribution in [0.2, 0.25) is 5.02 Å². The number of hydrogen-bond donors (Lipinski definition) is 1. The molecule has 1 aromatic heterocycles. The van der Waals surface area contributed by atoms with Gasteiger partial charge in [-0.05, 0) is 48.7 Å². The Morgan fingerprint density at radius 1 is 1.00 bits per heavy atom. The molecule has 5 rings (SSSR count). The van der Waals surface area contributed by atoms with Crippen molar-refractivity contribution in [3.05, 3.63) is 94.8 Å². The molecule has 3 aromatic rings. The summed E-state index contributed by atoms with van der Waals surface area (Å²) in [7, 11) is 0. The molecule has 0 saturated heterocycles. The maximum absolute atomic E-state index is 13.7. The lowest BCUT2D eigenvalue weighted by Crippen LogP contribution is -2.54. The smallest absolute Gasteiger partial charge is 0.327 e. The summed E-state index contributed by atoms with van der Waals surface area (Å²) in [5, 5.41) is 3.79. The molecule has 1 aliphatic carbocycles. The van der Waals surface area contributed by atoms with E-state index in [0.717, 1.165) is 36.8 Å². The van der Waals surface area contributed by atoms with Gasteiger partial charge in [0.25, 0.3) is 5.91 Å².